The van der Waals surface area contributed by atoms with Gasteiger partial charge in [0.25, 0.3) is 5.91 Å². The summed E-state index contributed by atoms with van der Waals surface area (Å²) in [6.45, 7) is 0.964. The Labute approximate surface area is 299 Å². The van der Waals surface area contributed by atoms with E-state index in [1.54, 1.807) is 19.1 Å². The van der Waals surface area contributed by atoms with Gasteiger partial charge in [0, 0.05) is 50.9 Å². The van der Waals surface area contributed by atoms with Crippen molar-refractivity contribution in [3.63, 3.8) is 0 Å². The SMILES string of the molecule is Cc1nc(-c2ccc3c(c2)OC(F)(F)O3)c(C2CC(C3=CC(S(C)(=O)=O)=C(CO)C(F)C3)=CC=C2c2cc(C(F)(F)C(=O)N3CCOCC3)nn2C)o1. The van der Waals surface area contributed by atoms with Crippen LogP contribution in [-0.4, -0.2) is 90.7 Å². The van der Waals surface area contributed by atoms with Gasteiger partial charge in [0.2, 0.25) is 0 Å². The van der Waals surface area contributed by atoms with Crippen molar-refractivity contribution >= 4 is 21.3 Å². The highest BCUT2D eigenvalue weighted by Gasteiger charge is 2.48. The van der Waals surface area contributed by atoms with Crippen molar-refractivity contribution in [1.29, 1.82) is 0 Å². The third-order valence-electron chi connectivity index (χ3n) is 9.46. The summed E-state index contributed by atoms with van der Waals surface area (Å²) in [5.41, 5.74) is 0.732. The molecule has 1 fully saturated rings. The number of aliphatic hydroxyl groups is 1. The number of sulfone groups is 1. The molecule has 53 heavy (non-hydrogen) atoms. The van der Waals surface area contributed by atoms with Gasteiger partial charge in [0.05, 0.1) is 36.3 Å². The van der Waals surface area contributed by atoms with Gasteiger partial charge in [-0.05, 0) is 53.5 Å². The number of aliphatic hydroxyl groups excluding tert-OH is 1. The van der Waals surface area contributed by atoms with E-state index in [0.29, 0.717) is 16.7 Å². The molecule has 0 bridgehead atoms. The monoisotopic (exact) mass is 764 g/mol. The van der Waals surface area contributed by atoms with E-state index in [-0.39, 0.29) is 89.7 Å². The summed E-state index contributed by atoms with van der Waals surface area (Å²) in [4.78, 5) is 18.1. The van der Waals surface area contributed by atoms with E-state index in [1.165, 1.54) is 36.0 Å². The zero-order valence-electron chi connectivity index (χ0n) is 28.5. The quantitative estimate of drug-likeness (QED) is 0.307. The maximum absolute atomic E-state index is 15.7. The lowest BCUT2D eigenvalue weighted by Gasteiger charge is -2.29. The number of alkyl halides is 5. The molecular weight excluding hydrogens is 731 g/mol. The van der Waals surface area contributed by atoms with Crippen LogP contribution in [0.3, 0.4) is 0 Å². The van der Waals surface area contributed by atoms with Gasteiger partial charge in [-0.25, -0.2) is 17.8 Å². The first-order valence-corrected chi connectivity index (χ1v) is 18.3. The standard InChI is InChI=1S/C35H33F5N4O8S/c1-18-41-31(20-5-7-27-28(14-20)52-35(39,40)51-27)32(50-18)23-12-19(21-13-25(36)24(17-45)29(15-21)53(3,47)48)4-6-22(23)26-16-30(42-43(26)2)34(37,38)33(46)44-8-10-49-11-9-44/h4-7,14-16,23,25,45H,8-13,17H2,1-3H3. The zero-order chi connectivity index (χ0) is 38.0. The van der Waals surface area contributed by atoms with E-state index in [0.717, 1.165) is 17.2 Å². The first-order valence-electron chi connectivity index (χ1n) is 16.4. The molecule has 2 aromatic heterocycles. The molecule has 0 radical (unpaired) electrons. The second-order valence-corrected chi connectivity index (χ2v) is 15.0. The number of carbonyl (C=O) groups is 1. The number of oxazole rings is 1. The molecule has 2 aliphatic carbocycles. The Kier molecular flexibility index (Phi) is 9.13. The van der Waals surface area contributed by atoms with Crippen molar-refractivity contribution in [1.82, 2.24) is 19.7 Å². The summed E-state index contributed by atoms with van der Waals surface area (Å²) < 4.78 is 122. The number of carbonyl (C=O) groups excluding carboxylic acids is 1. The van der Waals surface area contributed by atoms with Gasteiger partial charge in [-0.15, -0.1) is 8.78 Å². The van der Waals surface area contributed by atoms with Crippen LogP contribution in [-0.2, 0) is 32.3 Å². The number of allylic oxidation sites excluding steroid dienone is 6. The van der Waals surface area contributed by atoms with E-state index in [4.69, 9.17) is 9.15 Å². The summed E-state index contributed by atoms with van der Waals surface area (Å²) in [7, 11) is -2.54. The lowest BCUT2D eigenvalue weighted by Crippen LogP contribution is -2.47. The number of nitrogens with zero attached hydrogens (tertiary/aromatic N) is 4. The average Bonchev–Trinajstić information content (AvgIpc) is 3.79. The van der Waals surface area contributed by atoms with Crippen molar-refractivity contribution in [3.05, 3.63) is 87.2 Å². The number of benzene rings is 1. The van der Waals surface area contributed by atoms with Crippen LogP contribution >= 0.6 is 0 Å². The molecule has 4 aliphatic rings. The first-order chi connectivity index (χ1) is 25.0. The average molecular weight is 765 g/mol. The van der Waals surface area contributed by atoms with Crippen molar-refractivity contribution in [2.45, 2.75) is 44.1 Å². The van der Waals surface area contributed by atoms with Gasteiger partial charge >= 0.3 is 12.2 Å². The zero-order valence-corrected chi connectivity index (χ0v) is 29.4. The van der Waals surface area contributed by atoms with Gasteiger partial charge in [0.15, 0.2) is 27.2 Å². The van der Waals surface area contributed by atoms with Crippen LogP contribution in [0.25, 0.3) is 16.8 Å². The molecule has 12 nitrogen and oxygen atoms in total. The largest absolute Gasteiger partial charge is 0.586 e. The Morgan fingerprint density at radius 3 is 2.49 bits per heavy atom. The fourth-order valence-corrected chi connectivity index (χ4v) is 7.94. The van der Waals surface area contributed by atoms with Crippen LogP contribution in [0.1, 0.15) is 41.8 Å². The number of fused-ring (bicyclic) bond motifs is 1. The molecule has 3 aromatic rings. The highest BCUT2D eigenvalue weighted by molar-refractivity contribution is 7.94. The smallest absolute Gasteiger partial charge is 0.445 e. The van der Waals surface area contributed by atoms with Gasteiger partial charge in [0.1, 0.15) is 23.3 Å². The summed E-state index contributed by atoms with van der Waals surface area (Å²) in [6, 6.07) is 5.12. The highest BCUT2D eigenvalue weighted by atomic mass is 32.2. The predicted octanol–water partition coefficient (Wildman–Crippen LogP) is 5.11. The molecular formula is C35H33F5N4O8S. The first kappa shape index (κ1) is 36.5. The van der Waals surface area contributed by atoms with Gasteiger partial charge in [-0.3, -0.25) is 9.48 Å². The normalized spacial score (nSPS) is 21.8. The predicted molar refractivity (Wildman–Crippen MR) is 177 cm³/mol. The Balaban J connectivity index is 1.34. The number of aromatic nitrogens is 3. The molecule has 7 rings (SSSR count). The second-order valence-electron chi connectivity index (χ2n) is 13.0. The van der Waals surface area contributed by atoms with E-state index in [2.05, 4.69) is 19.6 Å². The van der Waals surface area contributed by atoms with E-state index in [1.807, 2.05) is 0 Å². The molecule has 2 atom stereocenters. The van der Waals surface area contributed by atoms with E-state index < -0.39 is 52.4 Å². The van der Waals surface area contributed by atoms with Crippen LogP contribution in [0, 0.1) is 6.92 Å². The van der Waals surface area contributed by atoms with Crippen molar-refractivity contribution < 1.29 is 58.9 Å². The number of morpholine rings is 1. The molecule has 0 spiro atoms. The van der Waals surface area contributed by atoms with Gasteiger partial charge in [-0.1, -0.05) is 12.2 Å². The maximum Gasteiger partial charge on any atom is 0.586 e. The number of halogens is 5. The molecule has 1 saturated heterocycles. The molecule has 0 saturated carbocycles. The molecule has 18 heteroatoms. The van der Waals surface area contributed by atoms with E-state index >= 15 is 13.2 Å². The lowest BCUT2D eigenvalue weighted by molar-refractivity contribution is -0.286. The molecule has 1 aromatic carbocycles. The molecule has 282 valence electrons. The van der Waals surface area contributed by atoms with Gasteiger partial charge < -0.3 is 28.6 Å². The highest BCUT2D eigenvalue weighted by Crippen LogP contribution is 2.49. The second kappa shape index (κ2) is 13.2. The van der Waals surface area contributed by atoms with Crippen LogP contribution in [0.4, 0.5) is 22.0 Å². The molecule has 4 heterocycles. The fourth-order valence-electron chi connectivity index (χ4n) is 6.91. The molecule has 2 aliphatic heterocycles. The summed E-state index contributed by atoms with van der Waals surface area (Å²) >= 11 is 0. The van der Waals surface area contributed by atoms with Crippen molar-refractivity contribution in [2.24, 2.45) is 7.05 Å². The molecule has 2 unspecified atom stereocenters. The number of rotatable bonds is 8. The Hall–Kier alpha value is -4.81. The number of ether oxygens (including phenoxy) is 3. The topological polar surface area (TPSA) is 146 Å². The summed E-state index contributed by atoms with van der Waals surface area (Å²) in [6.07, 6.45) is -0.562. The Morgan fingerprint density at radius 1 is 1.08 bits per heavy atom. The minimum Gasteiger partial charge on any atom is -0.445 e. The number of amides is 1. The fraction of sp³-hybridized carbons (Fsp3) is 0.400. The number of aryl methyl sites for hydroxylation is 2. The minimum absolute atomic E-state index is 0.00373. The third-order valence-corrected chi connectivity index (χ3v) is 10.6. The Morgan fingerprint density at radius 2 is 1.79 bits per heavy atom. The number of hydrogen-bond donors (Lipinski definition) is 1. The maximum atomic E-state index is 15.7. The number of hydrogen-bond acceptors (Lipinski definition) is 10. The lowest BCUT2D eigenvalue weighted by atomic mass is 9.78. The van der Waals surface area contributed by atoms with Crippen molar-refractivity contribution in [3.8, 4) is 22.8 Å². The van der Waals surface area contributed by atoms with E-state index in [9.17, 15) is 27.1 Å². The van der Waals surface area contributed by atoms with Crippen molar-refractivity contribution in [2.75, 3.05) is 39.2 Å². The summed E-state index contributed by atoms with van der Waals surface area (Å²) in [5, 5.41) is 13.8. The van der Waals surface area contributed by atoms with Crippen LogP contribution in [0.5, 0.6) is 11.5 Å². The molecule has 1 amide bonds. The third kappa shape index (κ3) is 6.78. The Bertz CT molecular complexity index is 2230. The van der Waals surface area contributed by atoms with Crippen LogP contribution < -0.4 is 9.47 Å². The van der Waals surface area contributed by atoms with Crippen LogP contribution in [0.15, 0.2) is 68.5 Å². The van der Waals surface area contributed by atoms with Crippen LogP contribution in [0.2, 0.25) is 0 Å². The summed E-state index contributed by atoms with van der Waals surface area (Å²) in [5.74, 6) is -6.43. The minimum atomic E-state index is -4.00. The molecule has 1 N–H and O–H groups in total. The van der Waals surface area contributed by atoms with Gasteiger partial charge in [-0.2, -0.15) is 13.9 Å².